The van der Waals surface area contributed by atoms with Crippen molar-refractivity contribution in [2.75, 3.05) is 6.54 Å². The smallest absolute Gasteiger partial charge is 0.309 e. The van der Waals surface area contributed by atoms with E-state index in [0.29, 0.717) is 5.69 Å². The molecule has 7 nitrogen and oxygen atoms in total. The number of hydrogen-bond donors (Lipinski definition) is 0. The summed E-state index contributed by atoms with van der Waals surface area (Å²) in [7, 11) is 0. The Morgan fingerprint density at radius 1 is 1.55 bits per heavy atom. The number of nitrogens with zero attached hydrogens (tertiary/aromatic N) is 4. The summed E-state index contributed by atoms with van der Waals surface area (Å²) in [6, 6.07) is -0.284. The van der Waals surface area contributed by atoms with Crippen LogP contribution in [0.15, 0.2) is 6.20 Å². The number of carbonyl (C=O) groups excluding carboxylic acids is 1. The van der Waals surface area contributed by atoms with E-state index in [0.717, 1.165) is 25.8 Å². The van der Waals surface area contributed by atoms with Gasteiger partial charge in [-0.05, 0) is 40.0 Å². The number of rotatable bonds is 3. The summed E-state index contributed by atoms with van der Waals surface area (Å²) in [5.41, 5.74) is 0.290. The second-order valence-corrected chi connectivity index (χ2v) is 5.39. The maximum Gasteiger partial charge on any atom is 0.309 e. The van der Waals surface area contributed by atoms with Crippen molar-refractivity contribution in [3.8, 4) is 0 Å². The Labute approximate surface area is 117 Å². The molecule has 1 saturated heterocycles. The van der Waals surface area contributed by atoms with Gasteiger partial charge in [-0.1, -0.05) is 0 Å². The summed E-state index contributed by atoms with van der Waals surface area (Å²) in [4.78, 5) is 24.7. The third-order valence-corrected chi connectivity index (χ3v) is 3.93. The monoisotopic (exact) mass is 280 g/mol. The molecule has 1 fully saturated rings. The van der Waals surface area contributed by atoms with E-state index in [-0.39, 0.29) is 17.6 Å². The summed E-state index contributed by atoms with van der Waals surface area (Å²) in [6.45, 7) is 6.11. The van der Waals surface area contributed by atoms with E-state index in [1.54, 1.807) is 13.8 Å². The van der Waals surface area contributed by atoms with Crippen LogP contribution in [0.25, 0.3) is 0 Å². The first-order chi connectivity index (χ1) is 9.41. The van der Waals surface area contributed by atoms with Crippen LogP contribution in [-0.4, -0.2) is 38.1 Å². The molecule has 1 amide bonds. The fourth-order valence-electron chi connectivity index (χ4n) is 2.63. The van der Waals surface area contributed by atoms with Crippen LogP contribution in [0.5, 0.6) is 0 Å². The van der Waals surface area contributed by atoms with Crippen LogP contribution in [0, 0.1) is 17.0 Å². The number of carbonyl (C=O) groups is 1. The van der Waals surface area contributed by atoms with E-state index in [1.807, 2.05) is 11.8 Å². The summed E-state index contributed by atoms with van der Waals surface area (Å²) in [5.74, 6) is -0.0189. The van der Waals surface area contributed by atoms with E-state index in [4.69, 9.17) is 0 Å². The van der Waals surface area contributed by atoms with Crippen LogP contribution >= 0.6 is 0 Å². The number of amides is 1. The first-order valence-corrected chi connectivity index (χ1v) is 6.92. The minimum absolute atomic E-state index is 0.0189. The molecule has 0 N–H and O–H groups in total. The lowest BCUT2D eigenvalue weighted by atomic mass is 10.0. The third kappa shape index (κ3) is 2.66. The van der Waals surface area contributed by atoms with Crippen molar-refractivity contribution >= 4 is 11.6 Å². The van der Waals surface area contributed by atoms with Crippen molar-refractivity contribution in [2.24, 2.45) is 0 Å². The summed E-state index contributed by atoms with van der Waals surface area (Å²) >= 11 is 0. The first kappa shape index (κ1) is 14.5. The van der Waals surface area contributed by atoms with Crippen molar-refractivity contribution in [1.82, 2.24) is 14.7 Å². The number of aryl methyl sites for hydroxylation is 1. The van der Waals surface area contributed by atoms with Gasteiger partial charge in [-0.3, -0.25) is 19.6 Å². The molecular weight excluding hydrogens is 260 g/mol. The molecule has 2 rings (SSSR count). The van der Waals surface area contributed by atoms with Gasteiger partial charge in [-0.2, -0.15) is 5.10 Å². The molecule has 0 spiro atoms. The van der Waals surface area contributed by atoms with E-state index in [1.165, 1.54) is 10.9 Å². The van der Waals surface area contributed by atoms with Gasteiger partial charge in [0.1, 0.15) is 17.9 Å². The lowest BCUT2D eigenvalue weighted by molar-refractivity contribution is -0.385. The molecular formula is C13H20N4O3. The van der Waals surface area contributed by atoms with E-state index < -0.39 is 11.0 Å². The number of hydrogen-bond acceptors (Lipinski definition) is 4. The fraction of sp³-hybridized carbons (Fsp3) is 0.692. The minimum Gasteiger partial charge on any atom is -0.338 e. The van der Waals surface area contributed by atoms with Crippen LogP contribution in [-0.2, 0) is 4.79 Å². The zero-order valence-corrected chi connectivity index (χ0v) is 12.1. The topological polar surface area (TPSA) is 81.3 Å². The predicted molar refractivity (Wildman–Crippen MR) is 73.4 cm³/mol. The molecule has 0 aliphatic carbocycles. The molecule has 1 aromatic heterocycles. The van der Waals surface area contributed by atoms with Gasteiger partial charge in [0.25, 0.3) is 0 Å². The fourth-order valence-corrected chi connectivity index (χ4v) is 2.63. The van der Waals surface area contributed by atoms with E-state index in [9.17, 15) is 14.9 Å². The van der Waals surface area contributed by atoms with Gasteiger partial charge in [-0.25, -0.2) is 0 Å². The highest BCUT2D eigenvalue weighted by Gasteiger charge is 2.29. The number of aromatic nitrogens is 2. The Bertz CT molecular complexity index is 526. The van der Waals surface area contributed by atoms with Crippen molar-refractivity contribution in [2.45, 2.75) is 52.1 Å². The molecule has 0 unspecified atom stereocenters. The predicted octanol–water partition coefficient (Wildman–Crippen LogP) is 2.06. The molecule has 20 heavy (non-hydrogen) atoms. The van der Waals surface area contributed by atoms with Gasteiger partial charge in [0.05, 0.1) is 4.92 Å². The zero-order valence-electron chi connectivity index (χ0n) is 12.1. The molecule has 0 aromatic carbocycles. The Hall–Kier alpha value is -1.92. The van der Waals surface area contributed by atoms with Gasteiger partial charge in [0.15, 0.2) is 0 Å². The highest BCUT2D eigenvalue weighted by atomic mass is 16.6. The Morgan fingerprint density at radius 3 is 2.80 bits per heavy atom. The van der Waals surface area contributed by atoms with Crippen LogP contribution in [0.2, 0.25) is 0 Å². The lowest BCUT2D eigenvalue weighted by Crippen LogP contribution is -2.45. The maximum absolute atomic E-state index is 12.5. The van der Waals surface area contributed by atoms with Crippen LogP contribution in [0.3, 0.4) is 0 Å². The summed E-state index contributed by atoms with van der Waals surface area (Å²) in [6.07, 6.45) is 4.51. The Balaban J connectivity index is 2.18. The van der Waals surface area contributed by atoms with Crippen molar-refractivity contribution in [3.63, 3.8) is 0 Å². The molecule has 7 heteroatoms. The average Bonchev–Trinajstić information content (AvgIpc) is 2.80. The molecule has 0 bridgehead atoms. The van der Waals surface area contributed by atoms with Gasteiger partial charge < -0.3 is 4.90 Å². The molecule has 0 radical (unpaired) electrons. The number of nitro groups is 1. The minimum atomic E-state index is -0.511. The molecule has 2 heterocycles. The van der Waals surface area contributed by atoms with Crippen LogP contribution < -0.4 is 0 Å². The SMILES string of the molecule is Cc1nn([C@@H](C)C(=O)N2CCCC[C@@H]2C)cc1[N+](=O)[O-]. The summed E-state index contributed by atoms with van der Waals surface area (Å²) < 4.78 is 1.40. The lowest BCUT2D eigenvalue weighted by Gasteiger charge is -2.35. The van der Waals surface area contributed by atoms with Crippen molar-refractivity contribution in [1.29, 1.82) is 0 Å². The van der Waals surface area contributed by atoms with E-state index >= 15 is 0 Å². The highest BCUT2D eigenvalue weighted by Crippen LogP contribution is 2.23. The average molecular weight is 280 g/mol. The normalized spacial score (nSPS) is 20.8. The molecule has 1 aliphatic rings. The van der Waals surface area contributed by atoms with Gasteiger partial charge in [0, 0.05) is 12.6 Å². The first-order valence-electron chi connectivity index (χ1n) is 6.92. The number of piperidine rings is 1. The molecule has 0 saturated carbocycles. The quantitative estimate of drug-likeness (QED) is 0.627. The van der Waals surface area contributed by atoms with E-state index in [2.05, 4.69) is 5.10 Å². The van der Waals surface area contributed by atoms with Gasteiger partial charge >= 0.3 is 5.69 Å². The summed E-state index contributed by atoms with van der Waals surface area (Å²) in [5, 5.41) is 14.9. The van der Waals surface area contributed by atoms with Gasteiger partial charge in [0.2, 0.25) is 5.91 Å². The highest BCUT2D eigenvalue weighted by molar-refractivity contribution is 5.80. The molecule has 110 valence electrons. The van der Waals surface area contributed by atoms with Crippen molar-refractivity contribution in [3.05, 3.63) is 22.0 Å². The standard InChI is InChI=1S/C13H20N4O3/c1-9-6-4-5-7-15(9)13(18)11(3)16-8-12(17(19)20)10(2)14-16/h8-9,11H,4-7H2,1-3H3/t9-,11-/m0/s1. The molecule has 1 aromatic rings. The van der Waals surface area contributed by atoms with Crippen LogP contribution in [0.4, 0.5) is 5.69 Å². The zero-order chi connectivity index (χ0) is 14.9. The maximum atomic E-state index is 12.5. The Morgan fingerprint density at radius 2 is 2.25 bits per heavy atom. The Kier molecular flexibility index (Phi) is 4.06. The second kappa shape index (κ2) is 5.60. The largest absolute Gasteiger partial charge is 0.338 e. The second-order valence-electron chi connectivity index (χ2n) is 5.39. The van der Waals surface area contributed by atoms with Gasteiger partial charge in [-0.15, -0.1) is 0 Å². The number of likely N-dealkylation sites (tertiary alicyclic amines) is 1. The molecule has 1 aliphatic heterocycles. The molecule has 2 atom stereocenters. The van der Waals surface area contributed by atoms with Crippen molar-refractivity contribution < 1.29 is 9.72 Å². The van der Waals surface area contributed by atoms with Crippen LogP contribution in [0.1, 0.15) is 44.8 Å². The third-order valence-electron chi connectivity index (χ3n) is 3.93.